The maximum absolute atomic E-state index is 11.8. The number of rotatable bonds is 3. The maximum Gasteiger partial charge on any atom is 0.336 e. The monoisotopic (exact) mass is 293 g/mol. The van der Waals surface area contributed by atoms with Gasteiger partial charge in [0.2, 0.25) is 0 Å². The predicted molar refractivity (Wildman–Crippen MR) is 76.2 cm³/mol. The number of aromatic nitrogens is 1. The lowest BCUT2D eigenvalue weighted by Gasteiger charge is -2.32. The molecule has 2 heterocycles. The third-order valence-corrected chi connectivity index (χ3v) is 3.26. The average molecular weight is 293 g/mol. The first-order chi connectivity index (χ1) is 10.0. The number of hydrogen-bond acceptors (Lipinski definition) is 6. The summed E-state index contributed by atoms with van der Waals surface area (Å²) in [6, 6.07) is 3.50. The largest absolute Gasteiger partial charge is 0.467 e. The first-order valence-corrected chi connectivity index (χ1v) is 6.65. The highest BCUT2D eigenvalue weighted by molar-refractivity contribution is 5.93. The van der Waals surface area contributed by atoms with Gasteiger partial charge in [-0.15, -0.1) is 0 Å². The van der Waals surface area contributed by atoms with Gasteiger partial charge in [-0.25, -0.2) is 9.78 Å². The van der Waals surface area contributed by atoms with Crippen LogP contribution >= 0.6 is 0 Å². The summed E-state index contributed by atoms with van der Waals surface area (Å²) in [5.41, 5.74) is 0.529. The lowest BCUT2D eigenvalue weighted by molar-refractivity contribution is -0.154. The highest BCUT2D eigenvalue weighted by atomic mass is 16.6. The second kappa shape index (κ2) is 6.53. The van der Waals surface area contributed by atoms with E-state index >= 15 is 0 Å². The van der Waals surface area contributed by atoms with Gasteiger partial charge in [-0.2, -0.15) is 0 Å². The summed E-state index contributed by atoms with van der Waals surface area (Å²) >= 11 is 0. The SMILES string of the molecule is COC(=O)C1CN(c2ccc(C(=O)N(C)C)cn2)CCO1. The number of methoxy groups -OCH3 is 1. The Hall–Kier alpha value is -2.15. The standard InChI is InChI=1S/C14H19N3O4/c1-16(2)13(18)10-4-5-12(15-8-10)17-6-7-21-11(9-17)14(19)20-3/h4-5,8,11H,6-7,9H2,1-3H3. The highest BCUT2D eigenvalue weighted by Crippen LogP contribution is 2.16. The van der Waals surface area contributed by atoms with Gasteiger partial charge in [0.15, 0.2) is 6.10 Å². The minimum absolute atomic E-state index is 0.0940. The van der Waals surface area contributed by atoms with Crippen molar-refractivity contribution in [2.45, 2.75) is 6.10 Å². The van der Waals surface area contributed by atoms with Gasteiger partial charge in [0.1, 0.15) is 5.82 Å². The van der Waals surface area contributed by atoms with Crippen LogP contribution < -0.4 is 4.90 Å². The van der Waals surface area contributed by atoms with Gasteiger partial charge in [0.25, 0.3) is 5.91 Å². The van der Waals surface area contributed by atoms with Crippen LogP contribution in [-0.4, -0.2) is 68.8 Å². The van der Waals surface area contributed by atoms with Crippen LogP contribution in [-0.2, 0) is 14.3 Å². The molecular weight excluding hydrogens is 274 g/mol. The Morgan fingerprint density at radius 1 is 1.43 bits per heavy atom. The van der Waals surface area contributed by atoms with Crippen molar-refractivity contribution in [3.8, 4) is 0 Å². The minimum Gasteiger partial charge on any atom is -0.467 e. The second-order valence-electron chi connectivity index (χ2n) is 4.93. The number of carbonyl (C=O) groups excluding carboxylic acids is 2. The molecule has 1 unspecified atom stereocenters. The fraction of sp³-hybridized carbons (Fsp3) is 0.500. The van der Waals surface area contributed by atoms with Gasteiger partial charge in [-0.05, 0) is 12.1 Å². The molecule has 1 fully saturated rings. The molecule has 1 atom stereocenters. The van der Waals surface area contributed by atoms with E-state index in [9.17, 15) is 9.59 Å². The van der Waals surface area contributed by atoms with Crippen LogP contribution in [0.3, 0.4) is 0 Å². The van der Waals surface area contributed by atoms with E-state index in [0.717, 1.165) is 0 Å². The fourth-order valence-electron chi connectivity index (χ4n) is 2.09. The number of hydrogen-bond donors (Lipinski definition) is 0. The maximum atomic E-state index is 11.8. The van der Waals surface area contributed by atoms with Crippen molar-refractivity contribution in [2.75, 3.05) is 45.8 Å². The Bertz CT molecular complexity index is 515. The third-order valence-electron chi connectivity index (χ3n) is 3.26. The van der Waals surface area contributed by atoms with Crippen LogP contribution in [0.25, 0.3) is 0 Å². The van der Waals surface area contributed by atoms with E-state index in [-0.39, 0.29) is 11.9 Å². The van der Waals surface area contributed by atoms with E-state index in [1.165, 1.54) is 12.0 Å². The van der Waals surface area contributed by atoms with E-state index in [1.54, 1.807) is 32.4 Å². The molecule has 0 aliphatic carbocycles. The van der Waals surface area contributed by atoms with Crippen molar-refractivity contribution in [1.29, 1.82) is 0 Å². The van der Waals surface area contributed by atoms with Crippen LogP contribution in [0.5, 0.6) is 0 Å². The summed E-state index contributed by atoms with van der Waals surface area (Å²) in [5.74, 6) is 0.227. The van der Waals surface area contributed by atoms with E-state index in [2.05, 4.69) is 9.72 Å². The zero-order chi connectivity index (χ0) is 15.4. The van der Waals surface area contributed by atoms with Crippen LogP contribution in [0.15, 0.2) is 18.3 Å². The fourth-order valence-corrected chi connectivity index (χ4v) is 2.09. The number of pyridine rings is 1. The topological polar surface area (TPSA) is 72.0 Å². The molecule has 1 aromatic heterocycles. The van der Waals surface area contributed by atoms with E-state index < -0.39 is 6.10 Å². The molecule has 0 N–H and O–H groups in total. The van der Waals surface area contributed by atoms with Crippen LogP contribution in [0.2, 0.25) is 0 Å². The Balaban J connectivity index is 2.08. The first-order valence-electron chi connectivity index (χ1n) is 6.65. The molecule has 21 heavy (non-hydrogen) atoms. The number of nitrogens with zero attached hydrogens (tertiary/aromatic N) is 3. The molecule has 7 nitrogen and oxygen atoms in total. The normalized spacial score (nSPS) is 18.2. The zero-order valence-corrected chi connectivity index (χ0v) is 12.4. The molecule has 0 bridgehead atoms. The van der Waals surface area contributed by atoms with Crippen molar-refractivity contribution in [3.63, 3.8) is 0 Å². The molecule has 0 spiro atoms. The summed E-state index contributed by atoms with van der Waals surface area (Å²) in [7, 11) is 4.73. The number of carbonyl (C=O) groups is 2. The lowest BCUT2D eigenvalue weighted by atomic mass is 10.2. The van der Waals surface area contributed by atoms with Crippen LogP contribution in [0.1, 0.15) is 10.4 Å². The van der Waals surface area contributed by atoms with Crippen molar-refractivity contribution >= 4 is 17.7 Å². The van der Waals surface area contributed by atoms with Crippen molar-refractivity contribution in [1.82, 2.24) is 9.88 Å². The van der Waals surface area contributed by atoms with Crippen LogP contribution in [0.4, 0.5) is 5.82 Å². The lowest BCUT2D eigenvalue weighted by Crippen LogP contribution is -2.46. The zero-order valence-electron chi connectivity index (χ0n) is 12.4. The average Bonchev–Trinajstić information content (AvgIpc) is 2.53. The molecule has 1 amide bonds. The first kappa shape index (κ1) is 15.2. The van der Waals surface area contributed by atoms with Gasteiger partial charge in [-0.1, -0.05) is 0 Å². The molecule has 0 saturated carbocycles. The Labute approximate surface area is 123 Å². The molecule has 1 saturated heterocycles. The predicted octanol–water partition coefficient (Wildman–Crippen LogP) is 0.162. The van der Waals surface area contributed by atoms with E-state index in [0.29, 0.717) is 31.1 Å². The molecule has 114 valence electrons. The summed E-state index contributed by atoms with van der Waals surface area (Å²) in [6.45, 7) is 1.46. The number of esters is 1. The number of anilines is 1. The molecule has 0 aromatic carbocycles. The van der Waals surface area contributed by atoms with Crippen molar-refractivity contribution < 1.29 is 19.1 Å². The third kappa shape index (κ3) is 3.49. The summed E-state index contributed by atoms with van der Waals surface area (Å²) in [6.07, 6.45) is 0.939. The van der Waals surface area contributed by atoms with Gasteiger partial charge in [0, 0.05) is 26.8 Å². The summed E-state index contributed by atoms with van der Waals surface area (Å²) < 4.78 is 10.1. The molecular formula is C14H19N3O4. The number of morpholine rings is 1. The highest BCUT2D eigenvalue weighted by Gasteiger charge is 2.28. The van der Waals surface area contributed by atoms with E-state index in [4.69, 9.17) is 4.74 Å². The second-order valence-corrected chi connectivity index (χ2v) is 4.93. The van der Waals surface area contributed by atoms with Gasteiger partial charge >= 0.3 is 5.97 Å². The van der Waals surface area contributed by atoms with Crippen molar-refractivity contribution in [3.05, 3.63) is 23.9 Å². The smallest absolute Gasteiger partial charge is 0.336 e. The van der Waals surface area contributed by atoms with Gasteiger partial charge < -0.3 is 19.3 Å². The number of amides is 1. The van der Waals surface area contributed by atoms with Crippen LogP contribution in [0, 0.1) is 0 Å². The molecule has 7 heteroatoms. The Morgan fingerprint density at radius 2 is 2.19 bits per heavy atom. The Kier molecular flexibility index (Phi) is 4.74. The van der Waals surface area contributed by atoms with Crippen molar-refractivity contribution in [2.24, 2.45) is 0 Å². The van der Waals surface area contributed by atoms with Gasteiger partial charge in [-0.3, -0.25) is 4.79 Å². The number of ether oxygens (including phenoxy) is 2. The Morgan fingerprint density at radius 3 is 2.76 bits per heavy atom. The summed E-state index contributed by atoms with van der Waals surface area (Å²) in [5, 5.41) is 0. The molecule has 1 aliphatic rings. The molecule has 2 rings (SSSR count). The quantitative estimate of drug-likeness (QED) is 0.739. The minimum atomic E-state index is -0.603. The molecule has 0 radical (unpaired) electrons. The van der Waals surface area contributed by atoms with E-state index in [1.807, 2.05) is 4.90 Å². The summed E-state index contributed by atoms with van der Waals surface area (Å²) in [4.78, 5) is 31.1. The van der Waals surface area contributed by atoms with Gasteiger partial charge in [0.05, 0.1) is 25.8 Å². The molecule has 1 aromatic rings. The molecule has 1 aliphatic heterocycles.